The average molecular weight is 301 g/mol. The molecule has 4 N–H and O–H groups in total. The number of amides is 3. The van der Waals surface area contributed by atoms with Crippen molar-refractivity contribution >= 4 is 17.9 Å². The van der Waals surface area contributed by atoms with Gasteiger partial charge in [0.2, 0.25) is 5.91 Å². The number of hydrogen-bond donors (Lipinski definition) is 4. The lowest BCUT2D eigenvalue weighted by molar-refractivity contribution is -0.137. The Kier molecular flexibility index (Phi) is 11.0. The van der Waals surface area contributed by atoms with Crippen molar-refractivity contribution in [2.75, 3.05) is 19.6 Å². The Balaban J connectivity index is 3.67. The molecule has 0 aromatic rings. The van der Waals surface area contributed by atoms with Crippen molar-refractivity contribution in [2.45, 2.75) is 46.0 Å². The number of hydrogen-bond acceptors (Lipinski definition) is 3. The fourth-order valence-corrected chi connectivity index (χ4v) is 1.91. The molecule has 0 saturated carbocycles. The van der Waals surface area contributed by atoms with Crippen LogP contribution in [0.2, 0.25) is 0 Å². The van der Waals surface area contributed by atoms with Crippen LogP contribution in [0.15, 0.2) is 0 Å². The van der Waals surface area contributed by atoms with E-state index in [2.05, 4.69) is 16.0 Å². The van der Waals surface area contributed by atoms with E-state index in [1.165, 1.54) is 0 Å². The summed E-state index contributed by atoms with van der Waals surface area (Å²) in [7, 11) is 0. The van der Waals surface area contributed by atoms with Crippen LogP contribution >= 0.6 is 0 Å². The second-order valence-electron chi connectivity index (χ2n) is 4.88. The molecule has 0 spiro atoms. The van der Waals surface area contributed by atoms with Gasteiger partial charge in [-0.3, -0.25) is 9.59 Å². The molecule has 7 heteroatoms. The van der Waals surface area contributed by atoms with E-state index in [9.17, 15) is 14.4 Å². The Labute approximate surface area is 125 Å². The minimum atomic E-state index is -0.787. The highest BCUT2D eigenvalue weighted by Gasteiger charge is 2.09. The maximum atomic E-state index is 11.5. The van der Waals surface area contributed by atoms with Crippen LogP contribution in [0.25, 0.3) is 0 Å². The number of carbonyl (C=O) groups excluding carboxylic acids is 2. The van der Waals surface area contributed by atoms with E-state index in [0.29, 0.717) is 32.0 Å². The number of aliphatic carboxylic acids is 1. The van der Waals surface area contributed by atoms with Crippen LogP contribution in [0.4, 0.5) is 4.79 Å². The Morgan fingerprint density at radius 1 is 0.952 bits per heavy atom. The lowest BCUT2D eigenvalue weighted by atomic mass is 9.97. The van der Waals surface area contributed by atoms with Gasteiger partial charge >= 0.3 is 12.0 Å². The molecular weight excluding hydrogens is 274 g/mol. The highest BCUT2D eigenvalue weighted by Crippen LogP contribution is 2.14. The predicted molar refractivity (Wildman–Crippen MR) is 80.0 cm³/mol. The van der Waals surface area contributed by atoms with Gasteiger partial charge < -0.3 is 21.1 Å². The van der Waals surface area contributed by atoms with Gasteiger partial charge in [0.25, 0.3) is 0 Å². The summed E-state index contributed by atoms with van der Waals surface area (Å²) in [6.45, 7) is 5.24. The summed E-state index contributed by atoms with van der Waals surface area (Å²) in [6, 6.07) is -0.299. The van der Waals surface area contributed by atoms with Crippen LogP contribution in [0, 0.1) is 5.92 Å². The van der Waals surface area contributed by atoms with Crippen LogP contribution in [0.3, 0.4) is 0 Å². The monoisotopic (exact) mass is 301 g/mol. The Hall–Kier alpha value is -1.79. The molecule has 0 radical (unpaired) electrons. The van der Waals surface area contributed by atoms with Crippen molar-refractivity contribution in [2.24, 2.45) is 5.92 Å². The van der Waals surface area contributed by atoms with Crippen molar-refractivity contribution in [3.05, 3.63) is 0 Å². The molecule has 0 aliphatic heterocycles. The molecule has 0 fully saturated rings. The van der Waals surface area contributed by atoms with Crippen molar-refractivity contribution < 1.29 is 19.5 Å². The second kappa shape index (κ2) is 12.0. The lowest BCUT2D eigenvalue weighted by Gasteiger charge is -2.14. The lowest BCUT2D eigenvalue weighted by Crippen LogP contribution is -2.38. The SMILES string of the molecule is CCNC(=O)CCNC(=O)NCCC(CC)CCC(=O)O. The highest BCUT2D eigenvalue weighted by molar-refractivity contribution is 5.78. The largest absolute Gasteiger partial charge is 0.481 e. The molecule has 3 amide bonds. The van der Waals surface area contributed by atoms with Gasteiger partial charge in [0.05, 0.1) is 0 Å². The Morgan fingerprint density at radius 3 is 2.19 bits per heavy atom. The molecule has 0 saturated heterocycles. The number of carbonyl (C=O) groups is 3. The summed E-state index contributed by atoms with van der Waals surface area (Å²) in [5, 5.41) is 16.6. The van der Waals surface area contributed by atoms with Crippen LogP contribution in [0.1, 0.15) is 46.0 Å². The molecule has 0 heterocycles. The van der Waals surface area contributed by atoms with Gasteiger partial charge in [-0.2, -0.15) is 0 Å². The van der Waals surface area contributed by atoms with E-state index in [0.717, 1.165) is 12.8 Å². The Morgan fingerprint density at radius 2 is 1.62 bits per heavy atom. The molecule has 1 atom stereocenters. The van der Waals surface area contributed by atoms with Crippen LogP contribution in [0.5, 0.6) is 0 Å². The maximum absolute atomic E-state index is 11.5. The molecule has 7 nitrogen and oxygen atoms in total. The number of nitrogens with one attached hydrogen (secondary N) is 3. The fourth-order valence-electron chi connectivity index (χ4n) is 1.91. The van der Waals surface area contributed by atoms with E-state index >= 15 is 0 Å². The summed E-state index contributed by atoms with van der Waals surface area (Å²) < 4.78 is 0. The molecule has 0 aliphatic rings. The summed E-state index contributed by atoms with van der Waals surface area (Å²) >= 11 is 0. The van der Waals surface area contributed by atoms with Gasteiger partial charge in [-0.1, -0.05) is 13.3 Å². The number of rotatable bonds is 11. The van der Waals surface area contributed by atoms with Gasteiger partial charge in [-0.15, -0.1) is 0 Å². The van der Waals surface area contributed by atoms with Crippen molar-refractivity contribution in [1.82, 2.24) is 16.0 Å². The smallest absolute Gasteiger partial charge is 0.314 e. The highest BCUT2D eigenvalue weighted by atomic mass is 16.4. The van der Waals surface area contributed by atoms with Gasteiger partial charge in [0.1, 0.15) is 0 Å². The third kappa shape index (κ3) is 11.7. The van der Waals surface area contributed by atoms with Crippen molar-refractivity contribution in [3.63, 3.8) is 0 Å². The van der Waals surface area contributed by atoms with E-state index in [-0.39, 0.29) is 24.8 Å². The van der Waals surface area contributed by atoms with Gasteiger partial charge in [0.15, 0.2) is 0 Å². The summed E-state index contributed by atoms with van der Waals surface area (Å²) in [4.78, 5) is 33.1. The number of carboxylic acid groups (broad SMARTS) is 1. The first-order valence-corrected chi connectivity index (χ1v) is 7.49. The van der Waals surface area contributed by atoms with Gasteiger partial charge in [-0.05, 0) is 25.7 Å². The van der Waals surface area contributed by atoms with E-state index in [4.69, 9.17) is 5.11 Å². The summed E-state index contributed by atoms with van der Waals surface area (Å²) in [5.41, 5.74) is 0. The molecule has 1 unspecified atom stereocenters. The maximum Gasteiger partial charge on any atom is 0.314 e. The first kappa shape index (κ1) is 19.2. The van der Waals surface area contributed by atoms with Crippen molar-refractivity contribution in [3.8, 4) is 0 Å². The topological polar surface area (TPSA) is 108 Å². The zero-order valence-electron chi connectivity index (χ0n) is 12.9. The van der Waals surface area contributed by atoms with E-state index < -0.39 is 5.97 Å². The third-order valence-electron chi connectivity index (χ3n) is 3.19. The van der Waals surface area contributed by atoms with Crippen LogP contribution in [-0.4, -0.2) is 42.6 Å². The zero-order valence-corrected chi connectivity index (χ0v) is 12.9. The molecular formula is C14H27N3O4. The molecule has 0 rings (SSSR count). The Bertz CT molecular complexity index is 334. The minimum absolute atomic E-state index is 0.0856. The second-order valence-corrected chi connectivity index (χ2v) is 4.88. The molecule has 0 aromatic heterocycles. The summed E-state index contributed by atoms with van der Waals surface area (Å²) in [6.07, 6.45) is 2.71. The van der Waals surface area contributed by atoms with Crippen LogP contribution < -0.4 is 16.0 Å². The molecule has 122 valence electrons. The van der Waals surface area contributed by atoms with Crippen molar-refractivity contribution in [1.29, 1.82) is 0 Å². The number of urea groups is 1. The molecule has 0 aromatic carbocycles. The van der Waals surface area contributed by atoms with E-state index in [1.54, 1.807) is 0 Å². The quantitative estimate of drug-likeness (QED) is 0.458. The molecule has 0 bridgehead atoms. The third-order valence-corrected chi connectivity index (χ3v) is 3.19. The first-order chi connectivity index (χ1) is 9.99. The predicted octanol–water partition coefficient (Wildman–Crippen LogP) is 1.09. The van der Waals surface area contributed by atoms with Gasteiger partial charge in [-0.25, -0.2) is 4.79 Å². The normalized spacial score (nSPS) is 11.5. The summed E-state index contributed by atoms with van der Waals surface area (Å²) in [5.74, 6) is -0.571. The molecule has 21 heavy (non-hydrogen) atoms. The molecule has 0 aliphatic carbocycles. The average Bonchev–Trinajstić information content (AvgIpc) is 2.42. The minimum Gasteiger partial charge on any atom is -0.481 e. The van der Waals surface area contributed by atoms with E-state index in [1.807, 2.05) is 13.8 Å². The zero-order chi connectivity index (χ0) is 16.1. The first-order valence-electron chi connectivity index (χ1n) is 7.49. The number of carboxylic acids is 1. The standard InChI is InChI=1S/C14H27N3O4/c1-3-11(5-6-13(19)20)7-9-16-14(21)17-10-8-12(18)15-4-2/h11H,3-10H2,1-2H3,(H,15,18)(H,19,20)(H2,16,17,21). The van der Waals surface area contributed by atoms with Gasteiger partial charge in [0, 0.05) is 32.5 Å². The fraction of sp³-hybridized carbons (Fsp3) is 0.786. The van der Waals surface area contributed by atoms with Crippen LogP contribution in [-0.2, 0) is 9.59 Å².